The van der Waals surface area contributed by atoms with E-state index in [0.717, 1.165) is 4.57 Å². The second-order valence-corrected chi connectivity index (χ2v) is 4.64. The lowest BCUT2D eigenvalue weighted by molar-refractivity contribution is 0.0970. The Morgan fingerprint density at radius 3 is 2.71 bits per heavy atom. The highest BCUT2D eigenvalue weighted by atomic mass is 16.7. The van der Waals surface area contributed by atoms with Gasteiger partial charge in [-0.15, -0.1) is 0 Å². The van der Waals surface area contributed by atoms with E-state index in [9.17, 15) is 14.4 Å². The molecule has 108 valence electrons. The summed E-state index contributed by atoms with van der Waals surface area (Å²) in [6.07, 6.45) is 2.85. The van der Waals surface area contributed by atoms with Crippen LogP contribution >= 0.6 is 0 Å². The second kappa shape index (κ2) is 4.93. The first kappa shape index (κ1) is 13.2. The molecule has 0 radical (unpaired) electrons. The molecule has 0 saturated heterocycles. The van der Waals surface area contributed by atoms with E-state index in [1.54, 1.807) is 18.2 Å². The summed E-state index contributed by atoms with van der Waals surface area (Å²) in [5.74, 6) is 0.790. The fraction of sp³-hybridized carbons (Fsp3) is 0.214. The van der Waals surface area contributed by atoms with Crippen molar-refractivity contribution >= 4 is 5.78 Å². The third-order valence-corrected chi connectivity index (χ3v) is 3.24. The number of hydrogen-bond acceptors (Lipinski definition) is 5. The average Bonchev–Trinajstić information content (AvgIpc) is 2.95. The van der Waals surface area contributed by atoms with Crippen LogP contribution in [0.3, 0.4) is 0 Å². The molecule has 0 aliphatic carbocycles. The first-order valence-corrected chi connectivity index (χ1v) is 6.25. The van der Waals surface area contributed by atoms with Gasteiger partial charge in [0.1, 0.15) is 0 Å². The van der Waals surface area contributed by atoms with Crippen LogP contribution < -0.4 is 20.6 Å². The fourth-order valence-electron chi connectivity index (χ4n) is 2.03. The number of nitrogens with zero attached hydrogens (tertiary/aromatic N) is 2. The maximum atomic E-state index is 12.2. The van der Waals surface area contributed by atoms with E-state index in [0.29, 0.717) is 17.1 Å². The summed E-state index contributed by atoms with van der Waals surface area (Å²) in [4.78, 5) is 35.5. The summed E-state index contributed by atoms with van der Waals surface area (Å²) in [6, 6.07) is 4.81. The van der Waals surface area contributed by atoms with Crippen LogP contribution in [0.2, 0.25) is 0 Å². The Balaban J connectivity index is 1.89. The third kappa shape index (κ3) is 2.33. The number of ether oxygens (including phenoxy) is 2. The zero-order valence-corrected chi connectivity index (χ0v) is 11.2. The molecular weight excluding hydrogens is 276 g/mol. The predicted molar refractivity (Wildman–Crippen MR) is 72.8 cm³/mol. The van der Waals surface area contributed by atoms with Crippen molar-refractivity contribution in [1.29, 1.82) is 0 Å². The maximum Gasteiger partial charge on any atom is 0.316 e. The van der Waals surface area contributed by atoms with Crippen molar-refractivity contribution in [3.05, 3.63) is 56.9 Å². The monoisotopic (exact) mass is 288 g/mol. The van der Waals surface area contributed by atoms with Gasteiger partial charge in [-0.05, 0) is 18.2 Å². The van der Waals surface area contributed by atoms with E-state index in [1.165, 1.54) is 24.0 Å². The van der Waals surface area contributed by atoms with E-state index in [2.05, 4.69) is 0 Å². The zero-order valence-electron chi connectivity index (χ0n) is 11.2. The summed E-state index contributed by atoms with van der Waals surface area (Å²) in [5, 5.41) is 0. The smallest absolute Gasteiger partial charge is 0.316 e. The summed E-state index contributed by atoms with van der Waals surface area (Å²) >= 11 is 0. The number of hydrogen-bond donors (Lipinski definition) is 0. The molecule has 7 heteroatoms. The first-order chi connectivity index (χ1) is 10.1. The van der Waals surface area contributed by atoms with Gasteiger partial charge in [-0.1, -0.05) is 0 Å². The molecule has 0 bridgehead atoms. The van der Waals surface area contributed by atoms with Crippen LogP contribution in [0.15, 0.2) is 40.2 Å². The van der Waals surface area contributed by atoms with Crippen LogP contribution in [-0.2, 0) is 13.6 Å². The largest absolute Gasteiger partial charge is 0.454 e. The highest BCUT2D eigenvalue weighted by Crippen LogP contribution is 2.32. The molecule has 2 heterocycles. The van der Waals surface area contributed by atoms with Crippen LogP contribution in [0.4, 0.5) is 0 Å². The molecule has 2 aromatic rings. The highest BCUT2D eigenvalue weighted by Gasteiger charge is 2.17. The summed E-state index contributed by atoms with van der Waals surface area (Å²) in [7, 11) is 1.48. The quantitative estimate of drug-likeness (QED) is 0.593. The molecular formula is C14H12N2O5. The number of aromatic nitrogens is 2. The van der Waals surface area contributed by atoms with Crippen LogP contribution in [0.1, 0.15) is 10.4 Å². The van der Waals surface area contributed by atoms with Crippen LogP contribution in [-0.4, -0.2) is 21.7 Å². The van der Waals surface area contributed by atoms with Gasteiger partial charge < -0.3 is 18.6 Å². The predicted octanol–water partition coefficient (Wildman–Crippen LogP) is 0.159. The average molecular weight is 288 g/mol. The Hall–Kier alpha value is -2.83. The minimum absolute atomic E-state index is 0.126. The van der Waals surface area contributed by atoms with Crippen molar-refractivity contribution in [3.8, 4) is 11.5 Å². The molecule has 3 rings (SSSR count). The molecule has 1 aliphatic heterocycles. The maximum absolute atomic E-state index is 12.2. The van der Waals surface area contributed by atoms with Crippen molar-refractivity contribution in [2.45, 2.75) is 6.54 Å². The number of ketones is 1. The highest BCUT2D eigenvalue weighted by molar-refractivity contribution is 5.96. The normalized spacial score (nSPS) is 12.4. The van der Waals surface area contributed by atoms with Gasteiger partial charge >= 0.3 is 11.1 Å². The summed E-state index contributed by atoms with van der Waals surface area (Å²) < 4.78 is 12.6. The van der Waals surface area contributed by atoms with Crippen molar-refractivity contribution in [1.82, 2.24) is 9.13 Å². The molecule has 0 atom stereocenters. The van der Waals surface area contributed by atoms with Crippen molar-refractivity contribution in [3.63, 3.8) is 0 Å². The van der Waals surface area contributed by atoms with Gasteiger partial charge in [0.15, 0.2) is 17.3 Å². The molecule has 1 aromatic heterocycles. The molecule has 0 fully saturated rings. The van der Waals surface area contributed by atoms with E-state index in [4.69, 9.17) is 9.47 Å². The molecule has 1 aromatic carbocycles. The Morgan fingerprint density at radius 1 is 1.14 bits per heavy atom. The molecule has 21 heavy (non-hydrogen) atoms. The van der Waals surface area contributed by atoms with Crippen LogP contribution in [0.5, 0.6) is 11.5 Å². The van der Waals surface area contributed by atoms with Crippen molar-refractivity contribution in [2.75, 3.05) is 6.79 Å². The van der Waals surface area contributed by atoms with E-state index < -0.39 is 11.1 Å². The van der Waals surface area contributed by atoms with Gasteiger partial charge in [-0.25, -0.2) is 0 Å². The number of benzene rings is 1. The number of carbonyl (C=O) groups is 1. The topological polar surface area (TPSA) is 79.5 Å². The number of rotatable bonds is 3. The number of aryl methyl sites for hydroxylation is 1. The standard InChI is InChI=1S/C14H12N2O5/c1-15-4-5-16(14(19)13(15)18)7-10(17)9-2-3-11-12(6-9)21-8-20-11/h2-6H,7-8H2,1H3. The Morgan fingerprint density at radius 2 is 1.90 bits per heavy atom. The lowest BCUT2D eigenvalue weighted by Gasteiger charge is -2.06. The van der Waals surface area contributed by atoms with Crippen LogP contribution in [0, 0.1) is 0 Å². The van der Waals surface area contributed by atoms with E-state index in [-0.39, 0.29) is 19.1 Å². The molecule has 0 saturated carbocycles. The zero-order chi connectivity index (χ0) is 15.0. The van der Waals surface area contributed by atoms with E-state index >= 15 is 0 Å². The summed E-state index contributed by atoms with van der Waals surface area (Å²) in [5.41, 5.74) is -1.00. The van der Waals surface area contributed by atoms with E-state index in [1.807, 2.05) is 0 Å². The molecule has 0 unspecified atom stereocenters. The lowest BCUT2D eigenvalue weighted by atomic mass is 10.1. The van der Waals surface area contributed by atoms with Crippen molar-refractivity contribution in [2.24, 2.45) is 7.05 Å². The Kier molecular flexibility index (Phi) is 3.09. The Labute approximate surface area is 119 Å². The second-order valence-electron chi connectivity index (χ2n) is 4.64. The van der Waals surface area contributed by atoms with Crippen LogP contribution in [0.25, 0.3) is 0 Å². The van der Waals surface area contributed by atoms with Gasteiger partial charge in [-0.2, -0.15) is 0 Å². The van der Waals surface area contributed by atoms with Gasteiger partial charge in [0.2, 0.25) is 6.79 Å². The molecule has 0 N–H and O–H groups in total. The number of fused-ring (bicyclic) bond motifs is 1. The molecule has 0 spiro atoms. The lowest BCUT2D eigenvalue weighted by Crippen LogP contribution is -2.40. The molecule has 0 amide bonds. The van der Waals surface area contributed by atoms with Gasteiger partial charge in [0.05, 0.1) is 6.54 Å². The van der Waals surface area contributed by atoms with Gasteiger partial charge in [0.25, 0.3) is 0 Å². The molecule has 1 aliphatic rings. The first-order valence-electron chi connectivity index (χ1n) is 6.25. The van der Waals surface area contributed by atoms with Gasteiger partial charge in [0, 0.05) is 25.0 Å². The minimum atomic E-state index is -0.728. The number of Topliss-reactive ketones (excluding diaryl/α,β-unsaturated/α-hetero) is 1. The SMILES string of the molecule is Cn1ccn(CC(=O)c2ccc3c(c2)OCO3)c(=O)c1=O. The fourth-order valence-corrected chi connectivity index (χ4v) is 2.03. The van der Waals surface area contributed by atoms with Gasteiger partial charge in [-0.3, -0.25) is 14.4 Å². The number of carbonyl (C=O) groups excluding carboxylic acids is 1. The minimum Gasteiger partial charge on any atom is -0.454 e. The Bertz CT molecular complexity index is 834. The molecule has 7 nitrogen and oxygen atoms in total. The van der Waals surface area contributed by atoms with Crippen molar-refractivity contribution < 1.29 is 14.3 Å². The third-order valence-electron chi connectivity index (χ3n) is 3.24. The summed E-state index contributed by atoms with van der Waals surface area (Å²) in [6.45, 7) is -0.0737.